The number of halogens is 2. The number of thiophene rings is 1. The van der Waals surface area contributed by atoms with Gasteiger partial charge in [0.2, 0.25) is 0 Å². The van der Waals surface area contributed by atoms with Crippen LogP contribution < -0.4 is 10.9 Å². The largest absolute Gasteiger partial charge is 0.377 e. The molecule has 2 aromatic heterocycles. The first kappa shape index (κ1) is 15.4. The lowest BCUT2D eigenvalue weighted by atomic mass is 10.3. The fourth-order valence-corrected chi connectivity index (χ4v) is 2.92. The minimum absolute atomic E-state index is 0.179. The topological polar surface area (TPSA) is 46.9 Å². The molecule has 0 saturated heterocycles. The summed E-state index contributed by atoms with van der Waals surface area (Å²) < 4.78 is 2.14. The summed E-state index contributed by atoms with van der Waals surface area (Å²) in [4.78, 5) is 13.1. The molecule has 1 N–H and O–H groups in total. The van der Waals surface area contributed by atoms with Crippen LogP contribution in [0.15, 0.2) is 23.1 Å². The van der Waals surface area contributed by atoms with Crippen LogP contribution in [-0.4, -0.2) is 9.78 Å². The second-order valence-electron chi connectivity index (χ2n) is 4.31. The van der Waals surface area contributed by atoms with Gasteiger partial charge in [0.05, 0.1) is 16.2 Å². The minimum Gasteiger partial charge on any atom is -0.377 e. The van der Waals surface area contributed by atoms with E-state index in [0.717, 1.165) is 22.1 Å². The van der Waals surface area contributed by atoms with E-state index in [1.54, 1.807) is 6.20 Å². The highest BCUT2D eigenvalue weighted by molar-refractivity contribution is 7.16. The van der Waals surface area contributed by atoms with Crippen LogP contribution in [0.3, 0.4) is 0 Å². The molecule has 0 bridgehead atoms. The Morgan fingerprint density at radius 3 is 2.85 bits per heavy atom. The predicted molar refractivity (Wildman–Crippen MR) is 85.1 cm³/mol. The molecule has 2 aromatic rings. The third kappa shape index (κ3) is 3.75. The van der Waals surface area contributed by atoms with Gasteiger partial charge < -0.3 is 5.32 Å². The Morgan fingerprint density at radius 1 is 1.40 bits per heavy atom. The number of hydrogen-bond donors (Lipinski definition) is 1. The molecule has 2 heterocycles. The number of rotatable bonds is 6. The van der Waals surface area contributed by atoms with Crippen LogP contribution in [0.4, 0.5) is 5.69 Å². The molecule has 0 amide bonds. The quantitative estimate of drug-likeness (QED) is 0.869. The number of aromatic nitrogens is 2. The molecule has 0 saturated carbocycles. The zero-order valence-corrected chi connectivity index (χ0v) is 13.4. The summed E-state index contributed by atoms with van der Waals surface area (Å²) in [6.45, 7) is 3.22. The van der Waals surface area contributed by atoms with Gasteiger partial charge in [0, 0.05) is 18.0 Å². The first-order valence-electron chi connectivity index (χ1n) is 6.35. The van der Waals surface area contributed by atoms with E-state index in [1.165, 1.54) is 16.0 Å². The molecule has 0 aliphatic rings. The molecule has 4 nitrogen and oxygen atoms in total. The first-order chi connectivity index (χ1) is 9.61. The van der Waals surface area contributed by atoms with Crippen molar-refractivity contribution in [3.8, 4) is 0 Å². The van der Waals surface area contributed by atoms with Crippen molar-refractivity contribution in [2.24, 2.45) is 0 Å². The van der Waals surface area contributed by atoms with E-state index in [0.29, 0.717) is 18.8 Å². The summed E-state index contributed by atoms with van der Waals surface area (Å²) in [5.74, 6) is 0. The maximum atomic E-state index is 12.0. The summed E-state index contributed by atoms with van der Waals surface area (Å²) in [5.41, 5.74) is 0.295. The van der Waals surface area contributed by atoms with Gasteiger partial charge >= 0.3 is 0 Å². The number of aryl methyl sites for hydroxylation is 1. The molecule has 0 aromatic carbocycles. The normalized spacial score (nSPS) is 10.8. The molecule has 0 unspecified atom stereocenters. The van der Waals surface area contributed by atoms with Gasteiger partial charge in [-0.05, 0) is 18.6 Å². The molecule has 0 radical (unpaired) electrons. The number of hydrogen-bond acceptors (Lipinski definition) is 4. The van der Waals surface area contributed by atoms with Crippen LogP contribution in [0.5, 0.6) is 0 Å². The SMILES string of the molecule is CCCCn1ncc(NCc2ccc(Cl)s2)c(Cl)c1=O. The molecule has 108 valence electrons. The molecular formula is C13H15Cl2N3OS. The van der Waals surface area contributed by atoms with Gasteiger partial charge in [0.15, 0.2) is 0 Å². The highest BCUT2D eigenvalue weighted by Gasteiger charge is 2.09. The van der Waals surface area contributed by atoms with E-state index < -0.39 is 0 Å². The summed E-state index contributed by atoms with van der Waals surface area (Å²) in [6.07, 6.45) is 3.50. The van der Waals surface area contributed by atoms with E-state index in [-0.39, 0.29) is 10.6 Å². The standard InChI is InChI=1S/C13H15Cl2N3OS/c1-2-3-6-18-13(19)12(15)10(8-17-18)16-7-9-4-5-11(14)20-9/h4-5,8,16H,2-3,6-7H2,1H3. The number of unbranched alkanes of at least 4 members (excludes halogenated alkanes) is 1. The summed E-state index contributed by atoms with van der Waals surface area (Å²) in [5, 5.41) is 7.42. The van der Waals surface area contributed by atoms with Crippen molar-refractivity contribution >= 4 is 40.2 Å². The Morgan fingerprint density at radius 2 is 2.20 bits per heavy atom. The zero-order chi connectivity index (χ0) is 14.5. The van der Waals surface area contributed by atoms with Crippen LogP contribution in [-0.2, 0) is 13.1 Å². The lowest BCUT2D eigenvalue weighted by molar-refractivity contribution is 0.543. The molecule has 0 aliphatic carbocycles. The van der Waals surface area contributed by atoms with Gasteiger partial charge in [-0.25, -0.2) is 4.68 Å². The smallest absolute Gasteiger partial charge is 0.287 e. The molecular weight excluding hydrogens is 317 g/mol. The Labute approximate surface area is 131 Å². The number of nitrogens with zero attached hydrogens (tertiary/aromatic N) is 2. The van der Waals surface area contributed by atoms with Crippen LogP contribution >= 0.6 is 34.5 Å². The van der Waals surface area contributed by atoms with Crippen molar-refractivity contribution in [3.63, 3.8) is 0 Å². The Hall–Kier alpha value is -1.04. The minimum atomic E-state index is -0.255. The molecule has 0 atom stereocenters. The van der Waals surface area contributed by atoms with Crippen molar-refractivity contribution < 1.29 is 0 Å². The van der Waals surface area contributed by atoms with Crippen molar-refractivity contribution in [2.45, 2.75) is 32.9 Å². The second kappa shape index (κ2) is 7.11. The second-order valence-corrected chi connectivity index (χ2v) is 6.49. The monoisotopic (exact) mass is 331 g/mol. The third-order valence-corrected chi connectivity index (χ3v) is 4.39. The highest BCUT2D eigenvalue weighted by Crippen LogP contribution is 2.23. The molecule has 2 rings (SSSR count). The average molecular weight is 332 g/mol. The van der Waals surface area contributed by atoms with E-state index in [9.17, 15) is 4.79 Å². The Kier molecular flexibility index (Phi) is 5.46. The fraction of sp³-hybridized carbons (Fsp3) is 0.385. The molecule has 0 aliphatic heterocycles. The van der Waals surface area contributed by atoms with Gasteiger partial charge in [-0.15, -0.1) is 11.3 Å². The average Bonchev–Trinajstić information content (AvgIpc) is 2.85. The molecule has 0 spiro atoms. The summed E-state index contributed by atoms with van der Waals surface area (Å²) in [7, 11) is 0. The van der Waals surface area contributed by atoms with E-state index in [2.05, 4.69) is 17.3 Å². The highest BCUT2D eigenvalue weighted by atomic mass is 35.5. The third-order valence-electron chi connectivity index (χ3n) is 2.79. The van der Waals surface area contributed by atoms with E-state index in [1.807, 2.05) is 12.1 Å². The molecule has 20 heavy (non-hydrogen) atoms. The van der Waals surface area contributed by atoms with E-state index in [4.69, 9.17) is 23.2 Å². The fourth-order valence-electron chi connectivity index (χ4n) is 1.68. The number of anilines is 1. The van der Waals surface area contributed by atoms with Crippen LogP contribution in [0.2, 0.25) is 9.36 Å². The van der Waals surface area contributed by atoms with Crippen molar-refractivity contribution in [1.82, 2.24) is 9.78 Å². The summed E-state index contributed by atoms with van der Waals surface area (Å²) >= 11 is 13.4. The Bertz CT molecular complexity index is 639. The van der Waals surface area contributed by atoms with Gasteiger partial charge in [-0.2, -0.15) is 5.10 Å². The van der Waals surface area contributed by atoms with Crippen LogP contribution in [0, 0.1) is 0 Å². The Balaban J connectivity index is 2.09. The van der Waals surface area contributed by atoms with E-state index >= 15 is 0 Å². The maximum Gasteiger partial charge on any atom is 0.287 e. The van der Waals surface area contributed by atoms with Gasteiger partial charge in [0.25, 0.3) is 5.56 Å². The lowest BCUT2D eigenvalue weighted by Gasteiger charge is -2.09. The number of nitrogens with one attached hydrogen (secondary N) is 1. The first-order valence-corrected chi connectivity index (χ1v) is 7.92. The zero-order valence-electron chi connectivity index (χ0n) is 11.0. The van der Waals surface area contributed by atoms with Crippen molar-refractivity contribution in [3.05, 3.63) is 42.9 Å². The molecule has 7 heteroatoms. The predicted octanol–water partition coefficient (Wildman–Crippen LogP) is 4.02. The van der Waals surface area contributed by atoms with Gasteiger partial charge in [0.1, 0.15) is 5.02 Å². The molecule has 0 fully saturated rings. The van der Waals surface area contributed by atoms with Crippen LogP contribution in [0.1, 0.15) is 24.6 Å². The summed E-state index contributed by atoms with van der Waals surface area (Å²) in [6, 6.07) is 3.77. The van der Waals surface area contributed by atoms with Crippen LogP contribution in [0.25, 0.3) is 0 Å². The van der Waals surface area contributed by atoms with Gasteiger partial charge in [-0.1, -0.05) is 36.5 Å². The lowest BCUT2D eigenvalue weighted by Crippen LogP contribution is -2.24. The van der Waals surface area contributed by atoms with Crippen molar-refractivity contribution in [2.75, 3.05) is 5.32 Å². The maximum absolute atomic E-state index is 12.0. The van der Waals surface area contributed by atoms with Gasteiger partial charge in [-0.3, -0.25) is 4.79 Å². The van der Waals surface area contributed by atoms with Crippen molar-refractivity contribution in [1.29, 1.82) is 0 Å².